The Morgan fingerprint density at radius 1 is 1.20 bits per heavy atom. The number of fused-ring (bicyclic) bond motifs is 1. The van der Waals surface area contributed by atoms with Crippen molar-refractivity contribution in [3.63, 3.8) is 0 Å². The molecule has 1 aromatic carbocycles. The predicted molar refractivity (Wildman–Crippen MR) is 95.8 cm³/mol. The Bertz CT molecular complexity index is 840. The third kappa shape index (κ3) is 3.58. The first-order chi connectivity index (χ1) is 12.3. The van der Waals surface area contributed by atoms with Gasteiger partial charge >= 0.3 is 6.01 Å². The Labute approximate surface area is 146 Å². The summed E-state index contributed by atoms with van der Waals surface area (Å²) < 4.78 is 11.4. The number of nitrogens with one attached hydrogen (secondary N) is 1. The molecule has 0 radical (unpaired) electrons. The number of benzene rings is 1. The zero-order valence-electron chi connectivity index (χ0n) is 14.3. The minimum atomic E-state index is 0.261. The highest BCUT2D eigenvalue weighted by atomic mass is 16.5. The summed E-state index contributed by atoms with van der Waals surface area (Å²) in [7, 11) is 1.59. The average Bonchev–Trinajstić information content (AvgIpc) is 3.13. The van der Waals surface area contributed by atoms with E-state index < -0.39 is 0 Å². The highest BCUT2D eigenvalue weighted by Gasteiger charge is 2.21. The Balaban J connectivity index is 1.34. The Hall–Kier alpha value is -2.60. The minimum absolute atomic E-state index is 0.261. The lowest BCUT2D eigenvalue weighted by Crippen LogP contribution is -2.38. The third-order valence-corrected chi connectivity index (χ3v) is 4.64. The van der Waals surface area contributed by atoms with Crippen LogP contribution in [0.5, 0.6) is 11.8 Å². The van der Waals surface area contributed by atoms with Crippen molar-refractivity contribution in [3.05, 3.63) is 48.4 Å². The van der Waals surface area contributed by atoms with Crippen molar-refractivity contribution in [3.8, 4) is 11.8 Å². The lowest BCUT2D eigenvalue weighted by molar-refractivity contribution is 0.0971. The zero-order valence-corrected chi connectivity index (χ0v) is 14.3. The standard InChI is InChI=1S/C19H22N4O2/c1-24-19-21-9-5-14(22-19)13-23-11-7-15(8-12-23)25-18-4-2-3-17-16(18)6-10-20-17/h2-6,9-10,15,20H,7-8,11-13H2,1H3. The van der Waals surface area contributed by atoms with E-state index in [1.54, 1.807) is 13.3 Å². The van der Waals surface area contributed by atoms with E-state index in [1.165, 1.54) is 0 Å². The van der Waals surface area contributed by atoms with Gasteiger partial charge in [-0.25, -0.2) is 4.98 Å². The van der Waals surface area contributed by atoms with Crippen LogP contribution >= 0.6 is 0 Å². The van der Waals surface area contributed by atoms with E-state index in [2.05, 4.69) is 38.1 Å². The van der Waals surface area contributed by atoms with Crippen LogP contribution in [0.15, 0.2) is 42.7 Å². The van der Waals surface area contributed by atoms with Gasteiger partial charge in [0.05, 0.1) is 12.8 Å². The van der Waals surface area contributed by atoms with Crippen LogP contribution in [-0.4, -0.2) is 46.2 Å². The van der Waals surface area contributed by atoms with Crippen LogP contribution in [0.1, 0.15) is 18.5 Å². The maximum absolute atomic E-state index is 6.27. The number of rotatable bonds is 5. The molecule has 6 nitrogen and oxygen atoms in total. The topological polar surface area (TPSA) is 63.3 Å². The van der Waals surface area contributed by atoms with Gasteiger partial charge in [-0.2, -0.15) is 4.98 Å². The van der Waals surface area contributed by atoms with Crippen LogP contribution in [0.3, 0.4) is 0 Å². The molecule has 0 saturated carbocycles. The molecular weight excluding hydrogens is 316 g/mol. The SMILES string of the molecule is COc1nccc(CN2CCC(Oc3cccc4[nH]ccc34)CC2)n1. The van der Waals surface area contributed by atoms with E-state index in [-0.39, 0.29) is 6.10 Å². The highest BCUT2D eigenvalue weighted by molar-refractivity contribution is 5.85. The van der Waals surface area contributed by atoms with Gasteiger partial charge in [0.1, 0.15) is 11.9 Å². The summed E-state index contributed by atoms with van der Waals surface area (Å²) in [5, 5.41) is 1.15. The van der Waals surface area contributed by atoms with Crippen molar-refractivity contribution >= 4 is 10.9 Å². The van der Waals surface area contributed by atoms with Crippen LogP contribution in [0.4, 0.5) is 0 Å². The number of nitrogens with zero attached hydrogens (tertiary/aromatic N) is 3. The molecule has 3 aromatic rings. The third-order valence-electron chi connectivity index (χ3n) is 4.64. The van der Waals surface area contributed by atoms with E-state index in [1.807, 2.05) is 18.3 Å². The Morgan fingerprint density at radius 3 is 2.92 bits per heavy atom. The molecule has 1 N–H and O–H groups in total. The number of methoxy groups -OCH3 is 1. The molecule has 0 bridgehead atoms. The number of ether oxygens (including phenoxy) is 2. The molecule has 1 saturated heterocycles. The lowest BCUT2D eigenvalue weighted by Gasteiger charge is -2.32. The van der Waals surface area contributed by atoms with E-state index in [9.17, 15) is 0 Å². The summed E-state index contributed by atoms with van der Waals surface area (Å²) in [5.41, 5.74) is 2.11. The summed E-state index contributed by atoms with van der Waals surface area (Å²) >= 11 is 0. The Kier molecular flexibility index (Phi) is 4.52. The summed E-state index contributed by atoms with van der Waals surface area (Å²) in [4.78, 5) is 14.1. The second-order valence-electron chi connectivity index (χ2n) is 6.32. The molecule has 4 rings (SSSR count). The van der Waals surface area contributed by atoms with Gasteiger partial charge in [-0.05, 0) is 37.1 Å². The average molecular weight is 338 g/mol. The molecule has 0 spiro atoms. The fourth-order valence-corrected chi connectivity index (χ4v) is 3.32. The number of hydrogen-bond donors (Lipinski definition) is 1. The van der Waals surface area contributed by atoms with Gasteiger partial charge < -0.3 is 14.5 Å². The number of hydrogen-bond acceptors (Lipinski definition) is 5. The van der Waals surface area contributed by atoms with E-state index >= 15 is 0 Å². The first-order valence-corrected chi connectivity index (χ1v) is 8.63. The molecule has 0 aliphatic carbocycles. The van der Waals surface area contributed by atoms with Gasteiger partial charge in [-0.15, -0.1) is 0 Å². The zero-order chi connectivity index (χ0) is 17.1. The van der Waals surface area contributed by atoms with Gasteiger partial charge in [0.2, 0.25) is 0 Å². The van der Waals surface area contributed by atoms with Crippen LogP contribution in [-0.2, 0) is 6.54 Å². The molecule has 25 heavy (non-hydrogen) atoms. The molecule has 6 heteroatoms. The van der Waals surface area contributed by atoms with E-state index in [4.69, 9.17) is 9.47 Å². The summed E-state index contributed by atoms with van der Waals surface area (Å²) in [5.74, 6) is 0.970. The monoisotopic (exact) mass is 338 g/mol. The molecule has 1 aliphatic rings. The summed E-state index contributed by atoms with van der Waals surface area (Å²) in [6, 6.07) is 10.6. The molecule has 0 unspecified atom stereocenters. The fourth-order valence-electron chi connectivity index (χ4n) is 3.32. The predicted octanol–water partition coefficient (Wildman–Crippen LogP) is 3.01. The number of aromatic amines is 1. The van der Waals surface area contributed by atoms with Crippen LogP contribution in [0.25, 0.3) is 10.9 Å². The molecular formula is C19H22N4O2. The fraction of sp³-hybridized carbons (Fsp3) is 0.368. The van der Waals surface area contributed by atoms with Crippen LogP contribution in [0, 0.1) is 0 Å². The molecule has 1 fully saturated rings. The second-order valence-corrected chi connectivity index (χ2v) is 6.32. The Morgan fingerprint density at radius 2 is 2.08 bits per heavy atom. The van der Waals surface area contributed by atoms with Gasteiger partial charge in [0.15, 0.2) is 0 Å². The van der Waals surface area contributed by atoms with Gasteiger partial charge in [-0.1, -0.05) is 6.07 Å². The summed E-state index contributed by atoms with van der Waals surface area (Å²) in [6.07, 6.45) is 5.99. The summed E-state index contributed by atoms with van der Waals surface area (Å²) in [6.45, 7) is 2.82. The number of aromatic nitrogens is 3. The molecule has 2 aromatic heterocycles. The van der Waals surface area contributed by atoms with E-state index in [0.29, 0.717) is 6.01 Å². The van der Waals surface area contributed by atoms with Gasteiger partial charge in [0.25, 0.3) is 0 Å². The molecule has 1 aliphatic heterocycles. The quantitative estimate of drug-likeness (QED) is 0.775. The van der Waals surface area contributed by atoms with Crippen LogP contribution in [0.2, 0.25) is 0 Å². The number of piperidine rings is 1. The van der Waals surface area contributed by atoms with Gasteiger partial charge in [0, 0.05) is 42.9 Å². The molecule has 0 amide bonds. The van der Waals surface area contributed by atoms with Crippen molar-refractivity contribution in [1.29, 1.82) is 0 Å². The molecule has 0 atom stereocenters. The van der Waals surface area contributed by atoms with Crippen LogP contribution < -0.4 is 9.47 Å². The van der Waals surface area contributed by atoms with Crippen molar-refractivity contribution in [2.24, 2.45) is 0 Å². The number of likely N-dealkylation sites (tertiary alicyclic amines) is 1. The van der Waals surface area contributed by atoms with Crippen molar-refractivity contribution in [1.82, 2.24) is 19.9 Å². The first kappa shape index (κ1) is 15.9. The van der Waals surface area contributed by atoms with Gasteiger partial charge in [-0.3, -0.25) is 4.90 Å². The van der Waals surface area contributed by atoms with Crippen molar-refractivity contribution < 1.29 is 9.47 Å². The maximum atomic E-state index is 6.27. The highest BCUT2D eigenvalue weighted by Crippen LogP contribution is 2.27. The van der Waals surface area contributed by atoms with Crippen molar-refractivity contribution in [2.45, 2.75) is 25.5 Å². The molecule has 130 valence electrons. The second kappa shape index (κ2) is 7.11. The largest absolute Gasteiger partial charge is 0.490 e. The van der Waals surface area contributed by atoms with Crippen molar-refractivity contribution in [2.75, 3.05) is 20.2 Å². The van der Waals surface area contributed by atoms with E-state index in [0.717, 1.165) is 54.8 Å². The molecule has 3 heterocycles. The smallest absolute Gasteiger partial charge is 0.316 e. The number of H-pyrrole nitrogens is 1. The lowest BCUT2D eigenvalue weighted by atomic mass is 10.1. The maximum Gasteiger partial charge on any atom is 0.316 e. The normalized spacial score (nSPS) is 16.2. The minimum Gasteiger partial charge on any atom is -0.490 e. The first-order valence-electron chi connectivity index (χ1n) is 8.63.